The van der Waals surface area contributed by atoms with Crippen LogP contribution in [0.4, 0.5) is 10.1 Å². The van der Waals surface area contributed by atoms with E-state index in [9.17, 15) is 14.0 Å². The van der Waals surface area contributed by atoms with E-state index in [0.29, 0.717) is 42.6 Å². The highest BCUT2D eigenvalue weighted by Crippen LogP contribution is 2.27. The Bertz CT molecular complexity index is 870. The van der Waals surface area contributed by atoms with Crippen LogP contribution in [-0.2, 0) is 4.79 Å². The number of anilines is 1. The number of hydrogen-bond acceptors (Lipinski definition) is 4. The molecule has 0 spiro atoms. The first-order chi connectivity index (χ1) is 13.5. The number of carbonyl (C=O) groups is 2. The summed E-state index contributed by atoms with van der Waals surface area (Å²) in [5.74, 6) is -0.525. The smallest absolute Gasteiger partial charge is 0.256 e. The molecule has 1 aliphatic heterocycles. The Kier molecular flexibility index (Phi) is 6.49. The minimum absolute atomic E-state index is 0.0711. The number of hydrogen-bond donors (Lipinski definition) is 1. The van der Waals surface area contributed by atoms with Crippen LogP contribution in [0.3, 0.4) is 0 Å². The van der Waals surface area contributed by atoms with Crippen molar-refractivity contribution < 1.29 is 18.7 Å². The van der Waals surface area contributed by atoms with Gasteiger partial charge in [-0.3, -0.25) is 14.5 Å². The lowest BCUT2D eigenvalue weighted by atomic mass is 10.1. The number of nitrogens with one attached hydrogen (secondary N) is 1. The lowest BCUT2D eigenvalue weighted by molar-refractivity contribution is -0.117. The summed E-state index contributed by atoms with van der Waals surface area (Å²) >= 11 is 5.98. The molecule has 6 nitrogen and oxygen atoms in total. The zero-order valence-corrected chi connectivity index (χ0v) is 16.2. The molecule has 0 atom stereocenters. The second-order valence-electron chi connectivity index (χ2n) is 6.44. The summed E-state index contributed by atoms with van der Waals surface area (Å²) in [7, 11) is 1.52. The van der Waals surface area contributed by atoms with E-state index < -0.39 is 5.82 Å². The first-order valence-corrected chi connectivity index (χ1v) is 9.25. The molecule has 1 aliphatic rings. The quantitative estimate of drug-likeness (QED) is 0.830. The van der Waals surface area contributed by atoms with Crippen LogP contribution in [0, 0.1) is 5.82 Å². The van der Waals surface area contributed by atoms with E-state index in [1.54, 1.807) is 35.2 Å². The van der Waals surface area contributed by atoms with E-state index in [1.807, 2.05) is 4.90 Å². The van der Waals surface area contributed by atoms with Gasteiger partial charge in [0.15, 0.2) is 0 Å². The molecule has 1 fully saturated rings. The van der Waals surface area contributed by atoms with Gasteiger partial charge in [-0.1, -0.05) is 23.7 Å². The zero-order chi connectivity index (χ0) is 20.1. The Morgan fingerprint density at radius 3 is 2.54 bits per heavy atom. The summed E-state index contributed by atoms with van der Waals surface area (Å²) in [6, 6.07) is 10.9. The van der Waals surface area contributed by atoms with Crippen LogP contribution in [0.5, 0.6) is 5.75 Å². The second kappa shape index (κ2) is 9.03. The van der Waals surface area contributed by atoms with Gasteiger partial charge >= 0.3 is 0 Å². The highest BCUT2D eigenvalue weighted by atomic mass is 35.5. The molecule has 1 saturated heterocycles. The minimum Gasteiger partial charge on any atom is -0.495 e. The molecule has 0 saturated carbocycles. The van der Waals surface area contributed by atoms with Crippen LogP contribution >= 0.6 is 11.6 Å². The van der Waals surface area contributed by atoms with Gasteiger partial charge in [0.2, 0.25) is 5.91 Å². The van der Waals surface area contributed by atoms with E-state index in [4.69, 9.17) is 16.3 Å². The molecule has 0 aliphatic carbocycles. The van der Waals surface area contributed by atoms with Crippen molar-refractivity contribution in [2.24, 2.45) is 0 Å². The normalized spacial score (nSPS) is 14.6. The van der Waals surface area contributed by atoms with Crippen molar-refractivity contribution in [1.29, 1.82) is 0 Å². The van der Waals surface area contributed by atoms with Crippen LogP contribution < -0.4 is 10.1 Å². The fraction of sp³-hybridized carbons (Fsp3) is 0.300. The minimum atomic E-state index is -0.523. The monoisotopic (exact) mass is 405 g/mol. The number of piperazine rings is 1. The molecule has 2 aromatic rings. The van der Waals surface area contributed by atoms with Crippen LogP contribution in [0.1, 0.15) is 10.4 Å². The average molecular weight is 406 g/mol. The Morgan fingerprint density at radius 1 is 1.14 bits per heavy atom. The molecule has 0 unspecified atom stereocenters. The summed E-state index contributed by atoms with van der Waals surface area (Å²) in [5, 5.41) is 3.29. The molecule has 0 radical (unpaired) electrons. The number of benzene rings is 2. The van der Waals surface area contributed by atoms with Gasteiger partial charge in [-0.2, -0.15) is 0 Å². The molecule has 8 heteroatoms. The van der Waals surface area contributed by atoms with Gasteiger partial charge in [0, 0.05) is 31.2 Å². The Balaban J connectivity index is 1.53. The molecule has 1 N–H and O–H groups in total. The fourth-order valence-electron chi connectivity index (χ4n) is 3.08. The van der Waals surface area contributed by atoms with Crippen molar-refractivity contribution in [2.75, 3.05) is 45.2 Å². The predicted octanol–water partition coefficient (Wildman–Crippen LogP) is 2.88. The van der Waals surface area contributed by atoms with Gasteiger partial charge in [-0.05, 0) is 30.3 Å². The summed E-state index contributed by atoms with van der Waals surface area (Å²) < 4.78 is 19.0. The van der Waals surface area contributed by atoms with Gasteiger partial charge in [0.25, 0.3) is 5.91 Å². The molecule has 0 aromatic heterocycles. The zero-order valence-electron chi connectivity index (χ0n) is 15.5. The average Bonchev–Trinajstić information content (AvgIpc) is 2.68. The van der Waals surface area contributed by atoms with Gasteiger partial charge in [0.1, 0.15) is 11.6 Å². The van der Waals surface area contributed by atoms with Crippen molar-refractivity contribution in [1.82, 2.24) is 9.80 Å². The highest BCUT2D eigenvalue weighted by Gasteiger charge is 2.25. The number of carbonyl (C=O) groups excluding carboxylic acids is 2. The standard InChI is InChI=1S/C20H21ClFN3O3/c1-28-18-7-6-14(21)12-17(18)23-19(26)13-24-8-10-25(11-9-24)20(27)15-4-2-3-5-16(15)22/h2-7,12H,8-11,13H2,1H3,(H,23,26). The molecule has 0 bridgehead atoms. The summed E-state index contributed by atoms with van der Waals surface area (Å²) in [4.78, 5) is 28.4. The molecular weight excluding hydrogens is 385 g/mol. The second-order valence-corrected chi connectivity index (χ2v) is 6.88. The summed E-state index contributed by atoms with van der Waals surface area (Å²) in [6.45, 7) is 2.10. The number of rotatable bonds is 5. The number of nitrogens with zero attached hydrogens (tertiary/aromatic N) is 2. The molecular formula is C20H21ClFN3O3. The van der Waals surface area contributed by atoms with Crippen LogP contribution in [0.2, 0.25) is 5.02 Å². The van der Waals surface area contributed by atoms with Crippen molar-refractivity contribution in [3.05, 3.63) is 58.9 Å². The van der Waals surface area contributed by atoms with Gasteiger partial charge in [0.05, 0.1) is 24.9 Å². The number of amides is 2. The maximum atomic E-state index is 13.8. The fourth-order valence-corrected chi connectivity index (χ4v) is 3.26. The summed E-state index contributed by atoms with van der Waals surface area (Å²) in [6.07, 6.45) is 0. The van der Waals surface area contributed by atoms with E-state index in [1.165, 1.54) is 19.2 Å². The van der Waals surface area contributed by atoms with E-state index in [2.05, 4.69) is 5.32 Å². The SMILES string of the molecule is COc1ccc(Cl)cc1NC(=O)CN1CCN(C(=O)c2ccccc2F)CC1. The number of ether oxygens (including phenoxy) is 1. The molecule has 2 amide bonds. The van der Waals surface area contributed by atoms with Crippen molar-refractivity contribution in [3.63, 3.8) is 0 Å². The van der Waals surface area contributed by atoms with Gasteiger partial charge in [-0.25, -0.2) is 4.39 Å². The van der Waals surface area contributed by atoms with Crippen LogP contribution in [-0.4, -0.2) is 61.4 Å². The lowest BCUT2D eigenvalue weighted by Crippen LogP contribution is -2.50. The third-order valence-corrected chi connectivity index (χ3v) is 4.80. The highest BCUT2D eigenvalue weighted by molar-refractivity contribution is 6.31. The Hall–Kier alpha value is -2.64. The van der Waals surface area contributed by atoms with Crippen LogP contribution in [0.15, 0.2) is 42.5 Å². The maximum absolute atomic E-state index is 13.8. The van der Waals surface area contributed by atoms with Crippen LogP contribution in [0.25, 0.3) is 0 Å². The lowest BCUT2D eigenvalue weighted by Gasteiger charge is -2.34. The first kappa shape index (κ1) is 20.1. The topological polar surface area (TPSA) is 61.9 Å². The molecule has 28 heavy (non-hydrogen) atoms. The molecule has 1 heterocycles. The molecule has 148 valence electrons. The summed E-state index contributed by atoms with van der Waals surface area (Å²) in [5.41, 5.74) is 0.579. The van der Waals surface area contributed by atoms with E-state index in [-0.39, 0.29) is 23.9 Å². The molecule has 3 rings (SSSR count). The maximum Gasteiger partial charge on any atom is 0.256 e. The van der Waals surface area contributed by atoms with E-state index in [0.717, 1.165) is 0 Å². The predicted molar refractivity (Wildman–Crippen MR) is 105 cm³/mol. The van der Waals surface area contributed by atoms with Gasteiger partial charge in [-0.15, -0.1) is 0 Å². The third-order valence-electron chi connectivity index (χ3n) is 4.57. The Labute approximate surface area is 167 Å². The largest absolute Gasteiger partial charge is 0.495 e. The van der Waals surface area contributed by atoms with Crippen molar-refractivity contribution >= 4 is 29.1 Å². The Morgan fingerprint density at radius 2 is 1.86 bits per heavy atom. The molecule has 2 aromatic carbocycles. The number of methoxy groups -OCH3 is 1. The number of halogens is 2. The van der Waals surface area contributed by atoms with Crippen molar-refractivity contribution in [2.45, 2.75) is 0 Å². The van der Waals surface area contributed by atoms with Crippen molar-refractivity contribution in [3.8, 4) is 5.75 Å². The first-order valence-electron chi connectivity index (χ1n) is 8.87. The third kappa shape index (κ3) is 4.79. The van der Waals surface area contributed by atoms with E-state index >= 15 is 0 Å². The van der Waals surface area contributed by atoms with Gasteiger partial charge < -0.3 is 15.0 Å².